The molecule has 1 aliphatic heterocycles. The molecule has 0 aromatic rings. The van der Waals surface area contributed by atoms with Gasteiger partial charge in [0.15, 0.2) is 0 Å². The minimum atomic E-state index is -0.178. The number of aliphatic hydroxyl groups is 2. The maximum atomic E-state index is 10.9. The predicted molar refractivity (Wildman–Crippen MR) is 132 cm³/mol. The standard InChI is InChI=1S/C30H50O3/c1-25(2)18-10-13-27(5)17-30-20(9-8-19(27)28(18,6)14-11-22(25)31)29(7)15-12-23(32)26(3,4)21(29)16-24(30)33-30/h18-24,31-32H,8-17H2,1-7H3/t18-,19+,20-,21+,22-,23+,24+,27-,28-,29+,30-/m0/s1. The van der Waals surface area contributed by atoms with Crippen LogP contribution < -0.4 is 0 Å². The van der Waals surface area contributed by atoms with Crippen LogP contribution in [0.5, 0.6) is 0 Å². The second kappa shape index (κ2) is 6.60. The van der Waals surface area contributed by atoms with Crippen molar-refractivity contribution in [3.63, 3.8) is 0 Å². The zero-order valence-electron chi connectivity index (χ0n) is 22.4. The van der Waals surface area contributed by atoms with E-state index in [1.807, 2.05) is 0 Å². The Balaban J connectivity index is 1.38. The van der Waals surface area contributed by atoms with Crippen molar-refractivity contribution >= 4 is 0 Å². The maximum Gasteiger partial charge on any atom is 0.0987 e. The smallest absolute Gasteiger partial charge is 0.0987 e. The largest absolute Gasteiger partial charge is 0.393 e. The molecule has 11 atom stereocenters. The summed E-state index contributed by atoms with van der Waals surface area (Å²) in [5.41, 5.74) is 1.05. The van der Waals surface area contributed by atoms with Crippen LogP contribution in [-0.4, -0.2) is 34.1 Å². The molecule has 1 spiro atoms. The van der Waals surface area contributed by atoms with Gasteiger partial charge in [0.1, 0.15) is 0 Å². The molecular formula is C30H50O3. The highest BCUT2D eigenvalue weighted by Gasteiger charge is 2.76. The summed E-state index contributed by atoms with van der Waals surface area (Å²) >= 11 is 0. The predicted octanol–water partition coefficient (Wildman–Crippen LogP) is 6.35. The third kappa shape index (κ3) is 2.74. The molecule has 5 aliphatic carbocycles. The fourth-order valence-corrected chi connectivity index (χ4v) is 12.0. The van der Waals surface area contributed by atoms with E-state index in [0.717, 1.165) is 31.6 Å². The molecule has 6 aliphatic rings. The van der Waals surface area contributed by atoms with Gasteiger partial charge in [-0.3, -0.25) is 0 Å². The molecule has 0 radical (unpaired) electrons. The van der Waals surface area contributed by atoms with E-state index in [0.29, 0.717) is 34.7 Å². The first-order chi connectivity index (χ1) is 15.2. The molecule has 0 aromatic heterocycles. The van der Waals surface area contributed by atoms with Crippen LogP contribution in [-0.2, 0) is 4.74 Å². The van der Waals surface area contributed by atoms with Crippen molar-refractivity contribution in [3.8, 4) is 0 Å². The summed E-state index contributed by atoms with van der Waals surface area (Å²) in [6.07, 6.45) is 11.9. The lowest BCUT2D eigenvalue weighted by Gasteiger charge is -2.63. The molecule has 1 saturated heterocycles. The van der Waals surface area contributed by atoms with E-state index in [-0.39, 0.29) is 34.1 Å². The average molecular weight is 459 g/mol. The quantitative estimate of drug-likeness (QED) is 0.416. The van der Waals surface area contributed by atoms with E-state index in [4.69, 9.17) is 4.74 Å². The molecule has 6 rings (SSSR count). The summed E-state index contributed by atoms with van der Waals surface area (Å²) in [5, 5.41) is 21.8. The highest BCUT2D eigenvalue weighted by molar-refractivity contribution is 5.24. The number of ether oxygens (including phenoxy) is 1. The Bertz CT molecular complexity index is 816. The van der Waals surface area contributed by atoms with E-state index < -0.39 is 0 Å². The summed E-state index contributed by atoms with van der Waals surface area (Å²) in [5.74, 6) is 2.53. The number of hydrogen-bond acceptors (Lipinski definition) is 3. The summed E-state index contributed by atoms with van der Waals surface area (Å²) in [7, 11) is 0. The molecule has 3 heteroatoms. The van der Waals surface area contributed by atoms with Gasteiger partial charge < -0.3 is 14.9 Å². The lowest BCUT2D eigenvalue weighted by molar-refractivity contribution is -0.173. The van der Waals surface area contributed by atoms with E-state index in [9.17, 15) is 10.2 Å². The number of fused-ring (bicyclic) bond motifs is 5. The second-order valence-electron chi connectivity index (χ2n) is 15.7. The molecule has 0 unspecified atom stereocenters. The Hall–Kier alpha value is -0.120. The van der Waals surface area contributed by atoms with E-state index in [2.05, 4.69) is 48.5 Å². The zero-order chi connectivity index (χ0) is 23.8. The third-order valence-electron chi connectivity index (χ3n) is 13.8. The number of epoxide rings is 1. The number of hydrogen-bond donors (Lipinski definition) is 2. The molecule has 3 nitrogen and oxygen atoms in total. The van der Waals surface area contributed by atoms with Gasteiger partial charge in [0.05, 0.1) is 23.9 Å². The van der Waals surface area contributed by atoms with Gasteiger partial charge in [0.25, 0.3) is 0 Å². The van der Waals surface area contributed by atoms with Gasteiger partial charge in [0.2, 0.25) is 0 Å². The van der Waals surface area contributed by atoms with Crippen LogP contribution in [0.4, 0.5) is 0 Å². The van der Waals surface area contributed by atoms with Gasteiger partial charge in [-0.1, -0.05) is 48.5 Å². The summed E-state index contributed by atoms with van der Waals surface area (Å²) in [6, 6.07) is 0. The Morgan fingerprint density at radius 3 is 1.79 bits per heavy atom. The van der Waals surface area contributed by atoms with Gasteiger partial charge in [0, 0.05) is 0 Å². The molecule has 6 fully saturated rings. The normalized spacial score (nSPS) is 60.8. The van der Waals surface area contributed by atoms with Crippen molar-refractivity contribution in [2.75, 3.05) is 0 Å². The van der Waals surface area contributed by atoms with Gasteiger partial charge in [-0.2, -0.15) is 0 Å². The first-order valence-electron chi connectivity index (χ1n) is 14.3. The van der Waals surface area contributed by atoms with Crippen LogP contribution in [0.3, 0.4) is 0 Å². The van der Waals surface area contributed by atoms with Crippen molar-refractivity contribution < 1.29 is 14.9 Å². The topological polar surface area (TPSA) is 53.0 Å². The Kier molecular flexibility index (Phi) is 4.66. The lowest BCUT2D eigenvalue weighted by Crippen LogP contribution is -2.59. The Morgan fingerprint density at radius 2 is 1.15 bits per heavy atom. The first kappa shape index (κ1) is 23.3. The maximum absolute atomic E-state index is 10.9. The molecule has 5 saturated carbocycles. The SMILES string of the molecule is CC1(C)[C@H](O)CC[C@@]2(C)[C@@H]1C[C@H]1O[C@]13C[C@]1(C)CC[C@H]4C(C)(C)[C@@H](O)CC[C@]4(C)[C@@H]1CC[C@@H]23. The highest BCUT2D eigenvalue weighted by atomic mass is 16.6. The highest BCUT2D eigenvalue weighted by Crippen LogP contribution is 2.76. The molecule has 1 heterocycles. The monoisotopic (exact) mass is 458 g/mol. The molecule has 188 valence electrons. The van der Waals surface area contributed by atoms with Gasteiger partial charge in [-0.05, 0) is 115 Å². The van der Waals surface area contributed by atoms with E-state index in [1.54, 1.807) is 0 Å². The lowest BCUT2D eigenvalue weighted by atomic mass is 9.41. The van der Waals surface area contributed by atoms with Gasteiger partial charge in [-0.15, -0.1) is 0 Å². The van der Waals surface area contributed by atoms with Crippen molar-refractivity contribution in [1.29, 1.82) is 0 Å². The molecule has 0 aromatic carbocycles. The molecular weight excluding hydrogens is 408 g/mol. The summed E-state index contributed by atoms with van der Waals surface area (Å²) in [6.45, 7) is 17.2. The van der Waals surface area contributed by atoms with Crippen molar-refractivity contribution in [2.45, 2.75) is 137 Å². The van der Waals surface area contributed by atoms with E-state index >= 15 is 0 Å². The van der Waals surface area contributed by atoms with Crippen LogP contribution in [0.1, 0.15) is 113 Å². The number of aliphatic hydroxyl groups excluding tert-OH is 2. The summed E-state index contributed by atoms with van der Waals surface area (Å²) in [4.78, 5) is 0. The molecule has 2 N–H and O–H groups in total. The fraction of sp³-hybridized carbons (Fsp3) is 1.00. The van der Waals surface area contributed by atoms with Gasteiger partial charge in [-0.25, -0.2) is 0 Å². The number of rotatable bonds is 0. The minimum absolute atomic E-state index is 0.0188. The average Bonchev–Trinajstić information content (AvgIpc) is 3.43. The van der Waals surface area contributed by atoms with Crippen molar-refractivity contribution in [2.24, 2.45) is 50.7 Å². The Morgan fingerprint density at radius 1 is 0.606 bits per heavy atom. The molecule has 0 amide bonds. The minimum Gasteiger partial charge on any atom is -0.393 e. The van der Waals surface area contributed by atoms with Gasteiger partial charge >= 0.3 is 0 Å². The van der Waals surface area contributed by atoms with Crippen LogP contribution >= 0.6 is 0 Å². The second-order valence-corrected chi connectivity index (χ2v) is 15.7. The van der Waals surface area contributed by atoms with Crippen LogP contribution in [0.25, 0.3) is 0 Å². The van der Waals surface area contributed by atoms with Crippen LogP contribution in [0.2, 0.25) is 0 Å². The third-order valence-corrected chi connectivity index (χ3v) is 13.8. The Labute approximate surface area is 202 Å². The van der Waals surface area contributed by atoms with Crippen LogP contribution in [0.15, 0.2) is 0 Å². The summed E-state index contributed by atoms with van der Waals surface area (Å²) < 4.78 is 6.85. The first-order valence-corrected chi connectivity index (χ1v) is 14.3. The van der Waals surface area contributed by atoms with E-state index in [1.165, 1.54) is 38.5 Å². The zero-order valence-corrected chi connectivity index (χ0v) is 22.4. The van der Waals surface area contributed by atoms with Crippen molar-refractivity contribution in [3.05, 3.63) is 0 Å². The van der Waals surface area contributed by atoms with Crippen LogP contribution in [0, 0.1) is 50.7 Å². The molecule has 0 bridgehead atoms. The molecule has 33 heavy (non-hydrogen) atoms. The van der Waals surface area contributed by atoms with Crippen molar-refractivity contribution in [1.82, 2.24) is 0 Å². The fourth-order valence-electron chi connectivity index (χ4n) is 12.0.